The van der Waals surface area contributed by atoms with Crippen molar-refractivity contribution in [2.24, 2.45) is 4.99 Å². The summed E-state index contributed by atoms with van der Waals surface area (Å²) in [6, 6.07) is 11.8. The molecule has 0 radical (unpaired) electrons. The van der Waals surface area contributed by atoms with Gasteiger partial charge in [0.15, 0.2) is 11.6 Å². The first-order valence-corrected chi connectivity index (χ1v) is 11.6. The molecule has 9 heteroatoms. The lowest BCUT2D eigenvalue weighted by molar-refractivity contribution is 0.278. The molecule has 0 saturated carbocycles. The van der Waals surface area contributed by atoms with Gasteiger partial charge in [0.2, 0.25) is 5.95 Å². The fraction of sp³-hybridized carbons (Fsp3) is 0.308. The summed E-state index contributed by atoms with van der Waals surface area (Å²) in [7, 11) is 1.72. The zero-order chi connectivity index (χ0) is 24.9. The fourth-order valence-electron chi connectivity index (χ4n) is 4.18. The third kappa shape index (κ3) is 5.00. The second-order valence-electron chi connectivity index (χ2n) is 8.25. The minimum absolute atomic E-state index is 0.102. The lowest BCUT2D eigenvalue weighted by Gasteiger charge is -2.25. The molecule has 182 valence electrons. The van der Waals surface area contributed by atoms with Gasteiger partial charge in [-0.1, -0.05) is 12.1 Å². The van der Waals surface area contributed by atoms with Crippen LogP contribution in [0.25, 0.3) is 10.9 Å². The maximum absolute atomic E-state index is 15.0. The number of rotatable bonds is 9. The van der Waals surface area contributed by atoms with Crippen LogP contribution in [-0.2, 0) is 6.54 Å². The van der Waals surface area contributed by atoms with Crippen LogP contribution in [0.1, 0.15) is 30.2 Å². The van der Waals surface area contributed by atoms with Crippen LogP contribution in [0.3, 0.4) is 0 Å². The summed E-state index contributed by atoms with van der Waals surface area (Å²) >= 11 is 0. The van der Waals surface area contributed by atoms with E-state index < -0.39 is 5.82 Å². The van der Waals surface area contributed by atoms with E-state index in [4.69, 9.17) is 0 Å². The zero-order valence-corrected chi connectivity index (χ0v) is 20.5. The molecule has 35 heavy (non-hydrogen) atoms. The van der Waals surface area contributed by atoms with Gasteiger partial charge in [0, 0.05) is 49.6 Å². The van der Waals surface area contributed by atoms with Crippen LogP contribution in [0.4, 0.5) is 27.5 Å². The second-order valence-corrected chi connectivity index (χ2v) is 8.25. The van der Waals surface area contributed by atoms with Gasteiger partial charge >= 0.3 is 0 Å². The minimum atomic E-state index is -0.508. The molecule has 4 rings (SSSR count). The number of benzene rings is 2. The Balaban J connectivity index is 1.70. The average Bonchev–Trinajstić information content (AvgIpc) is 3.16. The van der Waals surface area contributed by atoms with Crippen molar-refractivity contribution >= 4 is 40.3 Å². The molecule has 0 bridgehead atoms. The number of halogens is 1. The van der Waals surface area contributed by atoms with Crippen molar-refractivity contribution in [2.75, 3.05) is 30.4 Å². The molecule has 0 aliphatic rings. The Morgan fingerprint density at radius 1 is 1.23 bits per heavy atom. The molecule has 0 atom stereocenters. The van der Waals surface area contributed by atoms with Gasteiger partial charge in [0.1, 0.15) is 0 Å². The summed E-state index contributed by atoms with van der Waals surface area (Å²) in [5.41, 5.74) is 5.42. The van der Waals surface area contributed by atoms with E-state index in [0.717, 1.165) is 39.1 Å². The molecule has 0 unspecified atom stereocenters. The van der Waals surface area contributed by atoms with Crippen LogP contribution in [0.5, 0.6) is 0 Å². The first kappa shape index (κ1) is 24.3. The molecule has 0 saturated heterocycles. The van der Waals surface area contributed by atoms with Gasteiger partial charge in [-0.25, -0.2) is 9.37 Å². The number of aromatic nitrogens is 4. The van der Waals surface area contributed by atoms with Gasteiger partial charge < -0.3 is 15.3 Å². The molecule has 4 aromatic rings. The standard InChI is InChI=1S/C26H30FN7O/c1-5-33(23-9-6-8-17(2)21(23)15-28-4)25-22(27)16-29-26(31-25)30-19-10-11-20-18(3)32-34(12-7-13-35)24(20)14-19/h6,8-11,14-16,35H,5,7,12-13H2,1-4H3,(H,29,30,31). The monoisotopic (exact) mass is 475 g/mol. The lowest BCUT2D eigenvalue weighted by Crippen LogP contribution is -2.21. The summed E-state index contributed by atoms with van der Waals surface area (Å²) in [6.45, 7) is 7.14. The number of nitrogens with one attached hydrogen (secondary N) is 1. The van der Waals surface area contributed by atoms with Crippen molar-refractivity contribution in [3.05, 3.63) is 65.2 Å². The predicted molar refractivity (Wildman–Crippen MR) is 139 cm³/mol. The largest absolute Gasteiger partial charge is 0.396 e. The Kier molecular flexibility index (Phi) is 7.36. The Hall–Kier alpha value is -3.85. The van der Waals surface area contributed by atoms with Gasteiger partial charge in [-0.15, -0.1) is 0 Å². The van der Waals surface area contributed by atoms with E-state index >= 15 is 0 Å². The van der Waals surface area contributed by atoms with Crippen LogP contribution in [0.2, 0.25) is 0 Å². The number of anilines is 4. The van der Waals surface area contributed by atoms with Gasteiger partial charge in [-0.3, -0.25) is 9.67 Å². The predicted octanol–water partition coefficient (Wildman–Crippen LogP) is 4.91. The molecule has 0 amide bonds. The smallest absolute Gasteiger partial charge is 0.229 e. The molecule has 2 aromatic carbocycles. The SMILES string of the molecule is CCN(c1cccc(C)c1C=NC)c1nc(Nc2ccc3c(C)nn(CCCO)c3c2)ncc1F. The zero-order valence-electron chi connectivity index (χ0n) is 20.5. The number of aliphatic imine (C=N–C) groups is 1. The topological polar surface area (TPSA) is 91.5 Å². The summed E-state index contributed by atoms with van der Waals surface area (Å²) in [5.74, 6) is -0.0339. The van der Waals surface area contributed by atoms with Crippen LogP contribution >= 0.6 is 0 Å². The maximum atomic E-state index is 15.0. The summed E-state index contributed by atoms with van der Waals surface area (Å²) in [6.07, 6.45) is 3.59. The molecule has 2 heterocycles. The van der Waals surface area contributed by atoms with Crippen LogP contribution < -0.4 is 10.2 Å². The molecule has 2 N–H and O–H groups in total. The van der Waals surface area contributed by atoms with Gasteiger partial charge in [0.05, 0.1) is 23.1 Å². The Morgan fingerprint density at radius 2 is 2.06 bits per heavy atom. The molecular formula is C26H30FN7O. The first-order chi connectivity index (χ1) is 17.0. The van der Waals surface area contributed by atoms with Crippen molar-refractivity contribution in [3.8, 4) is 0 Å². The third-order valence-electron chi connectivity index (χ3n) is 5.87. The van der Waals surface area contributed by atoms with Gasteiger partial charge in [0.25, 0.3) is 0 Å². The number of aliphatic hydroxyl groups excluding tert-OH is 1. The van der Waals surface area contributed by atoms with E-state index in [9.17, 15) is 9.50 Å². The summed E-state index contributed by atoms with van der Waals surface area (Å²) in [5, 5.41) is 18.0. The molecule has 8 nitrogen and oxygen atoms in total. The summed E-state index contributed by atoms with van der Waals surface area (Å²) in [4.78, 5) is 14.7. The number of hydrogen-bond donors (Lipinski definition) is 2. The van der Waals surface area contributed by atoms with Crippen molar-refractivity contribution < 1.29 is 9.50 Å². The number of nitrogens with zero attached hydrogens (tertiary/aromatic N) is 6. The van der Waals surface area contributed by atoms with Crippen LogP contribution in [0, 0.1) is 19.7 Å². The van der Waals surface area contributed by atoms with Crippen molar-refractivity contribution in [2.45, 2.75) is 33.7 Å². The first-order valence-electron chi connectivity index (χ1n) is 11.6. The van der Waals surface area contributed by atoms with E-state index in [1.807, 2.05) is 66.8 Å². The van der Waals surface area contributed by atoms with Crippen molar-refractivity contribution in [3.63, 3.8) is 0 Å². The quantitative estimate of drug-likeness (QED) is 0.334. The second kappa shape index (κ2) is 10.6. The molecule has 0 aliphatic carbocycles. The highest BCUT2D eigenvalue weighted by Gasteiger charge is 2.19. The van der Waals surface area contributed by atoms with E-state index in [1.54, 1.807) is 13.3 Å². The van der Waals surface area contributed by atoms with Crippen molar-refractivity contribution in [1.29, 1.82) is 0 Å². The highest BCUT2D eigenvalue weighted by atomic mass is 19.1. The maximum Gasteiger partial charge on any atom is 0.229 e. The molecule has 0 spiro atoms. The summed E-state index contributed by atoms with van der Waals surface area (Å²) < 4.78 is 16.9. The molecular weight excluding hydrogens is 445 g/mol. The third-order valence-corrected chi connectivity index (χ3v) is 5.87. The van der Waals surface area contributed by atoms with Crippen molar-refractivity contribution in [1.82, 2.24) is 19.7 Å². The van der Waals surface area contributed by atoms with E-state index in [-0.39, 0.29) is 18.4 Å². The molecule has 0 fully saturated rings. The fourth-order valence-corrected chi connectivity index (χ4v) is 4.18. The number of hydrogen-bond acceptors (Lipinski definition) is 7. The van der Waals surface area contributed by atoms with Gasteiger partial charge in [-0.05, 0) is 57.0 Å². The minimum Gasteiger partial charge on any atom is -0.396 e. The number of aliphatic hydroxyl groups is 1. The number of fused-ring (bicyclic) bond motifs is 1. The van der Waals surface area contributed by atoms with Crippen LogP contribution in [-0.4, -0.2) is 51.3 Å². The lowest BCUT2D eigenvalue weighted by atomic mass is 10.1. The molecule has 2 aromatic heterocycles. The number of aryl methyl sites for hydroxylation is 3. The average molecular weight is 476 g/mol. The highest BCUT2D eigenvalue weighted by Crippen LogP contribution is 2.31. The normalized spacial score (nSPS) is 11.5. The van der Waals surface area contributed by atoms with E-state index in [2.05, 4.69) is 25.4 Å². The Morgan fingerprint density at radius 3 is 2.80 bits per heavy atom. The highest BCUT2D eigenvalue weighted by molar-refractivity contribution is 5.91. The Labute approximate surface area is 204 Å². The Bertz CT molecular complexity index is 1370. The molecule has 0 aliphatic heterocycles. The van der Waals surface area contributed by atoms with E-state index in [0.29, 0.717) is 19.5 Å². The van der Waals surface area contributed by atoms with Gasteiger partial charge in [-0.2, -0.15) is 10.1 Å². The van der Waals surface area contributed by atoms with Crippen LogP contribution in [0.15, 0.2) is 47.6 Å². The van der Waals surface area contributed by atoms with E-state index in [1.165, 1.54) is 6.20 Å².